The molecule has 0 aliphatic heterocycles. The van der Waals surface area contributed by atoms with Crippen molar-refractivity contribution in [2.24, 2.45) is 0 Å². The Balaban J connectivity index is 1.59. The summed E-state index contributed by atoms with van der Waals surface area (Å²) in [6, 6.07) is 25.6. The Hall–Kier alpha value is -4.26. The molecular formula is C24H20N4O3. The van der Waals surface area contributed by atoms with Gasteiger partial charge in [0.2, 0.25) is 0 Å². The summed E-state index contributed by atoms with van der Waals surface area (Å²) in [5.74, 6) is -0.498. The summed E-state index contributed by atoms with van der Waals surface area (Å²) in [7, 11) is 0. The highest BCUT2D eigenvalue weighted by molar-refractivity contribution is 5.98. The molecule has 0 saturated carbocycles. The van der Waals surface area contributed by atoms with Gasteiger partial charge in [0.15, 0.2) is 0 Å². The molecule has 4 rings (SSSR count). The first-order valence-electron chi connectivity index (χ1n) is 9.79. The number of rotatable bonds is 7. The van der Waals surface area contributed by atoms with E-state index in [9.17, 15) is 14.9 Å². The molecule has 7 nitrogen and oxygen atoms in total. The van der Waals surface area contributed by atoms with Crippen LogP contribution in [0.15, 0.2) is 91.1 Å². The maximum atomic E-state index is 12.6. The highest BCUT2D eigenvalue weighted by Crippen LogP contribution is 2.23. The van der Waals surface area contributed by atoms with E-state index >= 15 is 0 Å². The van der Waals surface area contributed by atoms with Crippen molar-refractivity contribution in [3.63, 3.8) is 0 Å². The van der Waals surface area contributed by atoms with E-state index in [0.29, 0.717) is 6.54 Å². The van der Waals surface area contributed by atoms with Gasteiger partial charge in [0, 0.05) is 29.9 Å². The number of nitrogens with zero attached hydrogens (tertiary/aromatic N) is 3. The Kier molecular flexibility index (Phi) is 5.84. The molecule has 1 heterocycles. The fourth-order valence-electron chi connectivity index (χ4n) is 3.38. The zero-order valence-corrected chi connectivity index (χ0v) is 16.6. The molecule has 7 heteroatoms. The van der Waals surface area contributed by atoms with E-state index in [0.717, 1.165) is 22.4 Å². The van der Waals surface area contributed by atoms with Gasteiger partial charge in [0.05, 0.1) is 17.2 Å². The number of carbonyl (C=O) groups is 1. The number of nitro groups is 1. The lowest BCUT2D eigenvalue weighted by molar-refractivity contribution is -0.385. The molecule has 0 fully saturated rings. The third-order valence-corrected chi connectivity index (χ3v) is 4.86. The molecule has 0 atom stereocenters. The van der Waals surface area contributed by atoms with Crippen molar-refractivity contribution >= 4 is 11.6 Å². The van der Waals surface area contributed by atoms with E-state index in [1.165, 1.54) is 18.2 Å². The zero-order valence-electron chi connectivity index (χ0n) is 16.6. The highest BCUT2D eigenvalue weighted by Gasteiger charge is 2.20. The number of hydrogen-bond donors (Lipinski definition) is 1. The molecule has 0 unspecified atom stereocenters. The fourth-order valence-corrected chi connectivity index (χ4v) is 3.38. The Morgan fingerprint density at radius 2 is 1.58 bits per heavy atom. The number of carbonyl (C=O) groups excluding carboxylic acids is 1. The van der Waals surface area contributed by atoms with E-state index in [1.54, 1.807) is 6.07 Å². The average Bonchev–Trinajstić information content (AvgIpc) is 3.21. The number of nitrogens with one attached hydrogen (secondary N) is 1. The molecule has 0 saturated heterocycles. The smallest absolute Gasteiger partial charge is 0.282 e. The van der Waals surface area contributed by atoms with Gasteiger partial charge >= 0.3 is 0 Å². The number of benzene rings is 3. The second-order valence-electron chi connectivity index (χ2n) is 7.01. The predicted octanol–water partition coefficient (Wildman–Crippen LogP) is 4.44. The Morgan fingerprint density at radius 3 is 2.29 bits per heavy atom. The van der Waals surface area contributed by atoms with Crippen molar-refractivity contribution in [3.05, 3.63) is 118 Å². The van der Waals surface area contributed by atoms with Crippen LogP contribution in [0.4, 0.5) is 5.69 Å². The predicted molar refractivity (Wildman–Crippen MR) is 117 cm³/mol. The molecule has 0 aliphatic rings. The Bertz CT molecular complexity index is 1200. The number of amides is 1. The second-order valence-corrected chi connectivity index (χ2v) is 7.01. The lowest BCUT2D eigenvalue weighted by Crippen LogP contribution is -2.23. The first-order valence-corrected chi connectivity index (χ1v) is 9.79. The van der Waals surface area contributed by atoms with Gasteiger partial charge in [-0.1, -0.05) is 72.8 Å². The van der Waals surface area contributed by atoms with E-state index in [4.69, 9.17) is 5.10 Å². The zero-order chi connectivity index (χ0) is 21.6. The van der Waals surface area contributed by atoms with Crippen LogP contribution in [0.5, 0.6) is 0 Å². The summed E-state index contributed by atoms with van der Waals surface area (Å²) in [6.07, 6.45) is 1.90. The molecule has 0 bridgehead atoms. The summed E-state index contributed by atoms with van der Waals surface area (Å²) in [5, 5.41) is 18.8. The maximum absolute atomic E-state index is 12.6. The van der Waals surface area contributed by atoms with Gasteiger partial charge in [0.25, 0.3) is 11.6 Å². The number of para-hydroxylation sites is 1. The van der Waals surface area contributed by atoms with Gasteiger partial charge in [0.1, 0.15) is 5.56 Å². The maximum Gasteiger partial charge on any atom is 0.282 e. The molecule has 31 heavy (non-hydrogen) atoms. The van der Waals surface area contributed by atoms with Crippen LogP contribution in [0.1, 0.15) is 21.5 Å². The lowest BCUT2D eigenvalue weighted by Gasteiger charge is -2.06. The minimum atomic E-state index is -0.553. The van der Waals surface area contributed by atoms with E-state index in [1.807, 2.05) is 71.5 Å². The fraction of sp³-hybridized carbons (Fsp3) is 0.0833. The topological polar surface area (TPSA) is 90.1 Å². The third kappa shape index (κ3) is 4.67. The first-order chi connectivity index (χ1) is 15.1. The molecule has 4 aromatic rings. The highest BCUT2D eigenvalue weighted by atomic mass is 16.6. The van der Waals surface area contributed by atoms with Gasteiger partial charge < -0.3 is 5.32 Å². The first kappa shape index (κ1) is 20.0. The van der Waals surface area contributed by atoms with Crippen LogP contribution in [0.25, 0.3) is 11.3 Å². The van der Waals surface area contributed by atoms with Crippen LogP contribution >= 0.6 is 0 Å². The number of aromatic nitrogens is 2. The van der Waals surface area contributed by atoms with E-state index < -0.39 is 10.8 Å². The van der Waals surface area contributed by atoms with Gasteiger partial charge in [-0.05, 0) is 11.6 Å². The minimum absolute atomic E-state index is 0.0328. The molecule has 154 valence electrons. The lowest BCUT2D eigenvalue weighted by atomic mass is 10.1. The van der Waals surface area contributed by atoms with Gasteiger partial charge in [-0.3, -0.25) is 19.6 Å². The molecule has 0 radical (unpaired) electrons. The van der Waals surface area contributed by atoms with Gasteiger partial charge in [-0.2, -0.15) is 5.10 Å². The van der Waals surface area contributed by atoms with E-state index in [2.05, 4.69) is 5.32 Å². The average molecular weight is 412 g/mol. The van der Waals surface area contributed by atoms with Crippen molar-refractivity contribution in [2.75, 3.05) is 0 Å². The summed E-state index contributed by atoms with van der Waals surface area (Å²) < 4.78 is 1.84. The van der Waals surface area contributed by atoms with Crippen LogP contribution in [-0.4, -0.2) is 20.6 Å². The van der Waals surface area contributed by atoms with Gasteiger partial charge in [-0.15, -0.1) is 0 Å². The van der Waals surface area contributed by atoms with Crippen molar-refractivity contribution in [1.82, 2.24) is 15.1 Å². The molecule has 1 aromatic heterocycles. The SMILES string of the molecule is O=C(NCc1cn(Cc2ccccc2)nc1-c1ccccc1)c1ccccc1[N+](=O)[O-]. The molecule has 3 aromatic carbocycles. The molecular weight excluding hydrogens is 392 g/mol. The summed E-state index contributed by atoms with van der Waals surface area (Å²) in [4.78, 5) is 23.3. The van der Waals surface area contributed by atoms with Crippen molar-refractivity contribution < 1.29 is 9.72 Å². The summed E-state index contributed by atoms with van der Waals surface area (Å²) >= 11 is 0. The molecule has 0 spiro atoms. The minimum Gasteiger partial charge on any atom is -0.348 e. The standard InChI is InChI=1S/C24H20N4O3/c29-24(21-13-7-8-14-22(21)28(30)31)25-15-20-17-27(16-18-9-3-1-4-10-18)26-23(20)19-11-5-2-6-12-19/h1-14,17H,15-16H2,(H,25,29). The van der Waals surface area contributed by atoms with Crippen LogP contribution < -0.4 is 5.32 Å². The largest absolute Gasteiger partial charge is 0.348 e. The molecule has 1 amide bonds. The van der Waals surface area contributed by atoms with Gasteiger partial charge in [-0.25, -0.2) is 0 Å². The summed E-state index contributed by atoms with van der Waals surface area (Å²) in [5.41, 5.74) is 3.45. The summed E-state index contributed by atoms with van der Waals surface area (Å²) in [6.45, 7) is 0.794. The van der Waals surface area contributed by atoms with Crippen LogP contribution in [-0.2, 0) is 13.1 Å². The normalized spacial score (nSPS) is 10.6. The van der Waals surface area contributed by atoms with Crippen LogP contribution in [0.2, 0.25) is 0 Å². The molecule has 0 aliphatic carbocycles. The van der Waals surface area contributed by atoms with Crippen molar-refractivity contribution in [1.29, 1.82) is 0 Å². The quantitative estimate of drug-likeness (QED) is 0.359. The number of nitro benzene ring substituents is 1. The van der Waals surface area contributed by atoms with Crippen molar-refractivity contribution in [2.45, 2.75) is 13.1 Å². The van der Waals surface area contributed by atoms with Crippen LogP contribution in [0.3, 0.4) is 0 Å². The Labute approximate surface area is 179 Å². The molecule has 1 N–H and O–H groups in total. The van der Waals surface area contributed by atoms with Crippen LogP contribution in [0, 0.1) is 10.1 Å². The monoisotopic (exact) mass is 412 g/mol. The van der Waals surface area contributed by atoms with E-state index in [-0.39, 0.29) is 17.8 Å². The third-order valence-electron chi connectivity index (χ3n) is 4.86. The number of hydrogen-bond acceptors (Lipinski definition) is 4. The Morgan fingerprint density at radius 1 is 0.935 bits per heavy atom. The second kappa shape index (κ2) is 9.04. The van der Waals surface area contributed by atoms with Crippen molar-refractivity contribution in [3.8, 4) is 11.3 Å².